The topological polar surface area (TPSA) is 170 Å². The van der Waals surface area contributed by atoms with Gasteiger partial charge in [0.05, 0.1) is 24.5 Å². The van der Waals surface area contributed by atoms with Gasteiger partial charge in [0, 0.05) is 27.3 Å². The number of aromatic nitrogens is 2. The molecule has 2 aromatic rings. The lowest BCUT2D eigenvalue weighted by atomic mass is 9.96. The fourth-order valence-corrected chi connectivity index (χ4v) is 2.95. The van der Waals surface area contributed by atoms with Gasteiger partial charge in [0.1, 0.15) is 12.4 Å². The quantitative estimate of drug-likeness (QED) is 0.464. The number of carbonyl (C=O) groups is 1. The van der Waals surface area contributed by atoms with Crippen molar-refractivity contribution in [2.45, 2.75) is 37.5 Å². The van der Waals surface area contributed by atoms with Crippen molar-refractivity contribution in [3.63, 3.8) is 0 Å². The summed E-state index contributed by atoms with van der Waals surface area (Å²) in [5.41, 5.74) is 0.554. The summed E-state index contributed by atoms with van der Waals surface area (Å²) in [6, 6.07) is 4.08. The van der Waals surface area contributed by atoms with Crippen LogP contribution in [-0.2, 0) is 16.4 Å². The first-order valence-corrected chi connectivity index (χ1v) is 10.8. The molecule has 3 N–H and O–H groups in total. The number of hydrogen-bond acceptors (Lipinski definition) is 9. The Labute approximate surface area is 175 Å². The van der Waals surface area contributed by atoms with Gasteiger partial charge in [-0.25, -0.2) is 12.7 Å². The van der Waals surface area contributed by atoms with Crippen LogP contribution >= 0.6 is 0 Å². The van der Waals surface area contributed by atoms with Crippen molar-refractivity contribution in [1.29, 1.82) is 5.26 Å². The van der Waals surface area contributed by atoms with Gasteiger partial charge >= 0.3 is 6.01 Å². The summed E-state index contributed by atoms with van der Waals surface area (Å²) in [5, 5.41) is 32.0. The van der Waals surface area contributed by atoms with Crippen LogP contribution in [0.15, 0.2) is 35.2 Å². The molecule has 2 heterocycles. The third-order valence-corrected chi connectivity index (χ3v) is 5.52. The smallest absolute Gasteiger partial charge is 0.311 e. The van der Waals surface area contributed by atoms with Crippen molar-refractivity contribution in [3.8, 4) is 6.07 Å². The van der Waals surface area contributed by atoms with Gasteiger partial charge < -0.3 is 19.9 Å². The molecule has 0 aliphatic rings. The molecule has 11 nitrogen and oxygen atoms in total. The van der Waals surface area contributed by atoms with Crippen molar-refractivity contribution < 1.29 is 29.3 Å². The normalized spacial score (nSPS) is 14.4. The summed E-state index contributed by atoms with van der Waals surface area (Å²) in [4.78, 5) is 20.4. The van der Waals surface area contributed by atoms with Gasteiger partial charge in [-0.1, -0.05) is 0 Å². The van der Waals surface area contributed by atoms with E-state index in [2.05, 4.69) is 15.3 Å². The first-order chi connectivity index (χ1) is 14.1. The van der Waals surface area contributed by atoms with E-state index in [1.165, 1.54) is 7.05 Å². The van der Waals surface area contributed by atoms with E-state index in [0.717, 1.165) is 22.4 Å². The molecule has 0 aliphatic carbocycles. The third-order valence-electron chi connectivity index (χ3n) is 4.37. The molecule has 12 heteroatoms. The Kier molecular flexibility index (Phi) is 7.87. The van der Waals surface area contributed by atoms with Crippen LogP contribution in [0.1, 0.15) is 30.3 Å². The zero-order valence-corrected chi connectivity index (χ0v) is 17.3. The molecule has 0 saturated heterocycles. The van der Waals surface area contributed by atoms with Crippen molar-refractivity contribution >= 4 is 21.9 Å². The molecule has 0 spiro atoms. The maximum absolute atomic E-state index is 12.6. The Bertz CT molecular complexity index is 994. The van der Waals surface area contributed by atoms with Gasteiger partial charge in [-0.15, -0.1) is 0 Å². The first kappa shape index (κ1) is 23.3. The van der Waals surface area contributed by atoms with E-state index in [9.17, 15) is 23.4 Å². The number of aliphatic hydroxyl groups is 2. The van der Waals surface area contributed by atoms with Gasteiger partial charge in [-0.05, 0) is 30.5 Å². The summed E-state index contributed by atoms with van der Waals surface area (Å²) >= 11 is 0. The zero-order chi connectivity index (χ0) is 22.3. The second kappa shape index (κ2) is 10.1. The van der Waals surface area contributed by atoms with Gasteiger partial charge in [-0.3, -0.25) is 9.78 Å². The highest BCUT2D eigenvalue weighted by molar-refractivity contribution is 7.92. The van der Waals surface area contributed by atoms with Crippen LogP contribution < -0.4 is 9.62 Å². The number of nitriles is 1. The molecule has 2 rings (SSSR count). The molecule has 3 atom stereocenters. The fraction of sp³-hybridized carbons (Fsp3) is 0.444. The highest BCUT2D eigenvalue weighted by Crippen LogP contribution is 2.16. The molecule has 3 unspecified atom stereocenters. The van der Waals surface area contributed by atoms with Gasteiger partial charge in [0.2, 0.25) is 10.0 Å². The summed E-state index contributed by atoms with van der Waals surface area (Å²) in [5.74, 6) is -0.725. The van der Waals surface area contributed by atoms with Crippen molar-refractivity contribution in [3.05, 3.63) is 42.0 Å². The Morgan fingerprint density at radius 2 is 2.07 bits per heavy atom. The number of amides is 1. The molecule has 164 valence electrons. The lowest BCUT2D eigenvalue weighted by Crippen LogP contribution is -2.49. The SMILES string of the molecule is CN(c1nc(C(=O)NC(Cc2ccncc2)C(O)C(O)CCC#N)co1)S(C)(=O)=O.[HH]. The molecular weight excluding hydrogens is 414 g/mol. The highest BCUT2D eigenvalue weighted by Gasteiger charge is 2.29. The van der Waals surface area contributed by atoms with E-state index in [1.807, 2.05) is 6.07 Å². The second-order valence-corrected chi connectivity index (χ2v) is 8.65. The molecule has 0 aromatic carbocycles. The van der Waals surface area contributed by atoms with E-state index in [-0.39, 0.29) is 32.4 Å². The molecule has 2 aromatic heterocycles. The van der Waals surface area contributed by atoms with Gasteiger partial charge in [0.25, 0.3) is 5.91 Å². The molecule has 30 heavy (non-hydrogen) atoms. The average molecular weight is 439 g/mol. The monoisotopic (exact) mass is 439 g/mol. The fourth-order valence-electron chi connectivity index (χ4n) is 2.58. The number of nitrogens with zero attached hydrogens (tertiary/aromatic N) is 4. The highest BCUT2D eigenvalue weighted by atomic mass is 32.2. The third kappa shape index (κ3) is 6.24. The largest absolute Gasteiger partial charge is 0.430 e. The lowest BCUT2D eigenvalue weighted by Gasteiger charge is -2.27. The summed E-state index contributed by atoms with van der Waals surface area (Å²) in [6.45, 7) is 0. The van der Waals surface area contributed by atoms with Crippen molar-refractivity contribution in [1.82, 2.24) is 15.3 Å². The van der Waals surface area contributed by atoms with Crippen LogP contribution in [0.3, 0.4) is 0 Å². The number of sulfonamides is 1. The van der Waals surface area contributed by atoms with E-state index in [4.69, 9.17) is 9.68 Å². The molecule has 0 fully saturated rings. The standard InChI is InChI=1S/C18H23N5O6S.H2/c1-23(30(2,27)28)18-22-14(11-29-18)17(26)21-13(10-12-5-8-20-9-6-12)16(25)15(24)4-3-7-19;/h5-6,8-9,11,13,15-16,24-25H,3-4,10H2,1-2H3,(H,21,26);1H. The Balaban J connectivity index is 0.00000480. The van der Waals surface area contributed by atoms with Crippen LogP contribution in [0.5, 0.6) is 0 Å². The van der Waals surface area contributed by atoms with E-state index in [0.29, 0.717) is 0 Å². The average Bonchev–Trinajstić information content (AvgIpc) is 3.20. The minimum Gasteiger partial charge on any atom is -0.430 e. The van der Waals surface area contributed by atoms with Gasteiger partial charge in [-0.2, -0.15) is 10.2 Å². The van der Waals surface area contributed by atoms with E-state index >= 15 is 0 Å². The number of carbonyl (C=O) groups excluding carboxylic acids is 1. The number of oxazole rings is 1. The summed E-state index contributed by atoms with van der Waals surface area (Å²) in [7, 11) is -2.40. The molecule has 0 aliphatic heterocycles. The van der Waals surface area contributed by atoms with Crippen LogP contribution in [-0.4, -0.2) is 66.1 Å². The van der Waals surface area contributed by atoms with Crippen LogP contribution in [0, 0.1) is 11.3 Å². The van der Waals surface area contributed by atoms with Crippen LogP contribution in [0.4, 0.5) is 6.01 Å². The van der Waals surface area contributed by atoms with Gasteiger partial charge in [0.15, 0.2) is 5.69 Å². The number of nitrogens with one attached hydrogen (secondary N) is 1. The minimum absolute atomic E-state index is 0. The molecule has 0 bridgehead atoms. The number of pyridine rings is 1. The second-order valence-electron chi connectivity index (χ2n) is 6.64. The molecule has 0 saturated carbocycles. The maximum Gasteiger partial charge on any atom is 0.311 e. The van der Waals surface area contributed by atoms with E-state index in [1.54, 1.807) is 24.5 Å². The zero-order valence-electron chi connectivity index (χ0n) is 16.5. The Morgan fingerprint density at radius 1 is 1.40 bits per heavy atom. The van der Waals surface area contributed by atoms with Crippen LogP contribution in [0.2, 0.25) is 0 Å². The predicted octanol–water partition coefficient (Wildman–Crippen LogP) is 0.0781. The number of anilines is 1. The number of rotatable bonds is 10. The maximum atomic E-state index is 12.6. The van der Waals surface area contributed by atoms with Crippen molar-refractivity contribution in [2.75, 3.05) is 17.6 Å². The molecule has 1 amide bonds. The Hall–Kier alpha value is -3.01. The Morgan fingerprint density at radius 3 is 2.67 bits per heavy atom. The summed E-state index contributed by atoms with van der Waals surface area (Å²) < 4.78 is 29.0. The van der Waals surface area contributed by atoms with E-state index < -0.39 is 34.2 Å². The van der Waals surface area contributed by atoms with Crippen molar-refractivity contribution in [2.24, 2.45) is 0 Å². The lowest BCUT2D eigenvalue weighted by molar-refractivity contribution is -0.00647. The number of hydrogen-bond donors (Lipinski definition) is 3. The predicted molar refractivity (Wildman–Crippen MR) is 108 cm³/mol. The molecule has 0 radical (unpaired) electrons. The summed E-state index contributed by atoms with van der Waals surface area (Å²) in [6.07, 6.45) is 2.71. The molecular formula is C18H25N5O6S. The number of aliphatic hydroxyl groups excluding tert-OH is 2. The first-order valence-electron chi connectivity index (χ1n) is 8.95. The van der Waals surface area contributed by atoms with Crippen LogP contribution in [0.25, 0.3) is 0 Å². The minimum atomic E-state index is -3.63.